The van der Waals surface area contributed by atoms with Gasteiger partial charge < -0.3 is 19.9 Å². The molecule has 6 heteroatoms. The summed E-state index contributed by atoms with van der Waals surface area (Å²) >= 11 is 0. The van der Waals surface area contributed by atoms with Crippen molar-refractivity contribution in [1.82, 2.24) is 15.1 Å². The molecule has 0 aliphatic carbocycles. The molecule has 0 radical (unpaired) electrons. The molecule has 2 amide bonds. The predicted octanol–water partition coefficient (Wildman–Crippen LogP) is 0.853. The number of hydrogen-bond acceptors (Lipinski definition) is 4. The average Bonchev–Trinajstić information content (AvgIpc) is 2.60. The average molecular weight is 345 g/mol. The Morgan fingerprint density at radius 1 is 1.28 bits per heavy atom. The van der Waals surface area contributed by atoms with Gasteiger partial charge in [0, 0.05) is 38.6 Å². The van der Waals surface area contributed by atoms with E-state index >= 15 is 0 Å². The number of hydrogen-bond donors (Lipinski definition) is 1. The first-order chi connectivity index (χ1) is 12.0. The minimum Gasteiger partial charge on any atom is -0.378 e. The van der Waals surface area contributed by atoms with Crippen molar-refractivity contribution in [2.45, 2.75) is 32.9 Å². The number of benzene rings is 1. The van der Waals surface area contributed by atoms with Crippen molar-refractivity contribution in [3.8, 4) is 0 Å². The molecular formula is C19H27N3O3. The molecule has 1 atom stereocenters. The zero-order valence-electron chi connectivity index (χ0n) is 15.1. The quantitative estimate of drug-likeness (QED) is 0.879. The van der Waals surface area contributed by atoms with Gasteiger partial charge in [-0.05, 0) is 30.5 Å². The number of aryl methyl sites for hydroxylation is 2. The van der Waals surface area contributed by atoms with Crippen molar-refractivity contribution >= 4 is 11.8 Å². The monoisotopic (exact) mass is 345 g/mol. The van der Waals surface area contributed by atoms with Crippen LogP contribution < -0.4 is 5.32 Å². The van der Waals surface area contributed by atoms with Crippen molar-refractivity contribution in [2.24, 2.45) is 0 Å². The molecule has 2 saturated heterocycles. The summed E-state index contributed by atoms with van der Waals surface area (Å²) in [6, 6.07) is 6.36. The molecule has 2 heterocycles. The van der Waals surface area contributed by atoms with E-state index in [1.54, 1.807) is 4.90 Å². The van der Waals surface area contributed by atoms with Crippen LogP contribution in [-0.4, -0.2) is 67.0 Å². The van der Waals surface area contributed by atoms with E-state index in [-0.39, 0.29) is 24.4 Å². The van der Waals surface area contributed by atoms with Gasteiger partial charge >= 0.3 is 0 Å². The van der Waals surface area contributed by atoms with Crippen molar-refractivity contribution in [3.05, 3.63) is 34.9 Å². The van der Waals surface area contributed by atoms with Gasteiger partial charge in [-0.1, -0.05) is 18.2 Å². The third kappa shape index (κ3) is 4.58. The molecule has 2 aliphatic rings. The molecule has 0 aromatic heterocycles. The van der Waals surface area contributed by atoms with E-state index in [4.69, 9.17) is 4.74 Å². The summed E-state index contributed by atoms with van der Waals surface area (Å²) in [5, 5.41) is 3.28. The van der Waals surface area contributed by atoms with Gasteiger partial charge in [0.1, 0.15) is 0 Å². The van der Waals surface area contributed by atoms with Gasteiger partial charge in [-0.15, -0.1) is 0 Å². The Kier molecular flexibility index (Phi) is 5.71. The van der Waals surface area contributed by atoms with E-state index < -0.39 is 0 Å². The third-order valence-corrected chi connectivity index (χ3v) is 5.04. The van der Waals surface area contributed by atoms with E-state index in [9.17, 15) is 9.59 Å². The van der Waals surface area contributed by atoms with Crippen LogP contribution in [-0.2, 0) is 20.9 Å². The number of carbonyl (C=O) groups is 2. The van der Waals surface area contributed by atoms with Crippen LogP contribution in [0.5, 0.6) is 0 Å². The van der Waals surface area contributed by atoms with Gasteiger partial charge in [0.15, 0.2) is 0 Å². The second-order valence-corrected chi connectivity index (χ2v) is 6.98. The Morgan fingerprint density at radius 3 is 2.80 bits per heavy atom. The lowest BCUT2D eigenvalue weighted by Crippen LogP contribution is -2.53. The minimum atomic E-state index is 0.0191. The standard InChI is InChI=1S/C19H27N3O3/c1-14-3-4-16(9-15(14)2)11-21-6-7-22(12-19(21)24)18(23)10-17-13-25-8-5-20-17/h3-4,9,17,20H,5-8,10-13H2,1-2H3. The highest BCUT2D eigenvalue weighted by molar-refractivity contribution is 5.86. The predicted molar refractivity (Wildman–Crippen MR) is 95.1 cm³/mol. The van der Waals surface area contributed by atoms with Gasteiger partial charge in [-0.2, -0.15) is 0 Å². The maximum Gasteiger partial charge on any atom is 0.242 e. The molecular weight excluding hydrogens is 318 g/mol. The highest BCUT2D eigenvalue weighted by Crippen LogP contribution is 2.15. The summed E-state index contributed by atoms with van der Waals surface area (Å²) in [4.78, 5) is 28.4. The number of carbonyl (C=O) groups excluding carboxylic acids is 2. The smallest absolute Gasteiger partial charge is 0.242 e. The van der Waals surface area contributed by atoms with Gasteiger partial charge in [0.05, 0.1) is 19.8 Å². The highest BCUT2D eigenvalue weighted by atomic mass is 16.5. The van der Waals surface area contributed by atoms with Crippen LogP contribution >= 0.6 is 0 Å². The number of nitrogens with zero attached hydrogens (tertiary/aromatic N) is 2. The first-order valence-electron chi connectivity index (χ1n) is 8.96. The Bertz CT molecular complexity index is 641. The van der Waals surface area contributed by atoms with Crippen LogP contribution in [0, 0.1) is 13.8 Å². The molecule has 2 aliphatic heterocycles. The van der Waals surface area contributed by atoms with Gasteiger partial charge in [0.2, 0.25) is 11.8 Å². The third-order valence-electron chi connectivity index (χ3n) is 5.04. The van der Waals surface area contributed by atoms with Crippen LogP contribution in [0.4, 0.5) is 0 Å². The van der Waals surface area contributed by atoms with Crippen molar-refractivity contribution < 1.29 is 14.3 Å². The van der Waals surface area contributed by atoms with Gasteiger partial charge in [0.25, 0.3) is 0 Å². The first kappa shape index (κ1) is 17.9. The molecule has 25 heavy (non-hydrogen) atoms. The number of ether oxygens (including phenoxy) is 1. The number of nitrogens with one attached hydrogen (secondary N) is 1. The molecule has 1 unspecified atom stereocenters. The summed E-state index contributed by atoms with van der Waals surface area (Å²) in [5.74, 6) is 0.0489. The molecule has 0 bridgehead atoms. The molecule has 2 fully saturated rings. The number of amides is 2. The fourth-order valence-corrected chi connectivity index (χ4v) is 3.30. The maximum absolute atomic E-state index is 12.4. The molecule has 1 N–H and O–H groups in total. The summed E-state index contributed by atoms with van der Waals surface area (Å²) in [5.41, 5.74) is 3.63. The second kappa shape index (κ2) is 7.97. The zero-order valence-corrected chi connectivity index (χ0v) is 15.1. The Labute approximate surface area is 149 Å². The number of piperazine rings is 1. The van der Waals surface area contributed by atoms with E-state index in [0.29, 0.717) is 39.3 Å². The van der Waals surface area contributed by atoms with E-state index in [1.165, 1.54) is 11.1 Å². The highest BCUT2D eigenvalue weighted by Gasteiger charge is 2.28. The Hall–Kier alpha value is -1.92. The summed E-state index contributed by atoms with van der Waals surface area (Å²) in [6.45, 7) is 8.18. The fraction of sp³-hybridized carbons (Fsp3) is 0.579. The summed E-state index contributed by atoms with van der Waals surface area (Å²) in [6.07, 6.45) is 0.393. The Balaban J connectivity index is 1.52. The maximum atomic E-state index is 12.4. The lowest BCUT2D eigenvalue weighted by molar-refractivity contribution is -0.146. The normalized spacial score (nSPS) is 21.5. The van der Waals surface area contributed by atoms with Crippen LogP contribution in [0.25, 0.3) is 0 Å². The molecule has 6 nitrogen and oxygen atoms in total. The molecule has 1 aromatic carbocycles. The van der Waals surface area contributed by atoms with Crippen LogP contribution in [0.15, 0.2) is 18.2 Å². The molecule has 0 spiro atoms. The lowest BCUT2D eigenvalue weighted by Gasteiger charge is -2.35. The number of rotatable bonds is 4. The minimum absolute atomic E-state index is 0.0191. The van der Waals surface area contributed by atoms with E-state index in [1.807, 2.05) is 4.90 Å². The van der Waals surface area contributed by atoms with E-state index in [2.05, 4.69) is 37.4 Å². The van der Waals surface area contributed by atoms with Crippen molar-refractivity contribution in [1.29, 1.82) is 0 Å². The summed E-state index contributed by atoms with van der Waals surface area (Å²) < 4.78 is 5.38. The summed E-state index contributed by atoms with van der Waals surface area (Å²) in [7, 11) is 0. The molecule has 3 rings (SSSR count). The number of morpholine rings is 1. The zero-order chi connectivity index (χ0) is 17.8. The van der Waals surface area contributed by atoms with E-state index in [0.717, 1.165) is 12.1 Å². The van der Waals surface area contributed by atoms with Gasteiger partial charge in [-0.25, -0.2) is 0 Å². The largest absolute Gasteiger partial charge is 0.378 e. The van der Waals surface area contributed by atoms with Crippen LogP contribution in [0.3, 0.4) is 0 Å². The molecule has 1 aromatic rings. The van der Waals surface area contributed by atoms with Crippen molar-refractivity contribution in [2.75, 3.05) is 39.4 Å². The lowest BCUT2D eigenvalue weighted by atomic mass is 10.1. The SMILES string of the molecule is Cc1ccc(CN2CCN(C(=O)CC3COCCN3)CC2=O)cc1C. The van der Waals surface area contributed by atoms with Crippen LogP contribution in [0.1, 0.15) is 23.1 Å². The molecule has 0 saturated carbocycles. The fourth-order valence-electron chi connectivity index (χ4n) is 3.30. The topological polar surface area (TPSA) is 61.9 Å². The van der Waals surface area contributed by atoms with Gasteiger partial charge in [-0.3, -0.25) is 9.59 Å². The Morgan fingerprint density at radius 2 is 2.12 bits per heavy atom. The second-order valence-electron chi connectivity index (χ2n) is 6.98. The first-order valence-corrected chi connectivity index (χ1v) is 8.96. The van der Waals surface area contributed by atoms with Crippen molar-refractivity contribution in [3.63, 3.8) is 0 Å². The van der Waals surface area contributed by atoms with Crippen LogP contribution in [0.2, 0.25) is 0 Å². The molecule has 136 valence electrons.